The Morgan fingerprint density at radius 1 is 1.29 bits per heavy atom. The number of sulfonamides is 1. The molecule has 0 spiro atoms. The van der Waals surface area contributed by atoms with E-state index in [2.05, 4.69) is 27.1 Å². The van der Waals surface area contributed by atoms with Crippen LogP contribution in [0.3, 0.4) is 0 Å². The van der Waals surface area contributed by atoms with Gasteiger partial charge in [-0.25, -0.2) is 13.1 Å². The fraction of sp³-hybridized carbons (Fsp3) is 0.500. The summed E-state index contributed by atoms with van der Waals surface area (Å²) in [6, 6.07) is 3.06. The lowest BCUT2D eigenvalue weighted by Crippen LogP contribution is -2.23. The Bertz CT molecular complexity index is 677. The molecule has 0 fully saturated rings. The summed E-state index contributed by atoms with van der Waals surface area (Å²) in [5.41, 5.74) is 0. The molecule has 2 aromatic rings. The molecule has 0 aromatic carbocycles. The molecular formula is C12H18N4O4S. The molecule has 2 N–H and O–H groups in total. The molecular weight excluding hydrogens is 296 g/mol. The van der Waals surface area contributed by atoms with Gasteiger partial charge in [-0.1, -0.05) is 12.1 Å². The van der Waals surface area contributed by atoms with Crippen molar-refractivity contribution in [3.8, 4) is 0 Å². The van der Waals surface area contributed by atoms with Gasteiger partial charge in [0.05, 0.1) is 13.1 Å². The Labute approximate surface area is 123 Å². The van der Waals surface area contributed by atoms with Gasteiger partial charge in [-0.3, -0.25) is 0 Å². The van der Waals surface area contributed by atoms with E-state index in [1.54, 1.807) is 13.0 Å². The van der Waals surface area contributed by atoms with Crippen LogP contribution in [0, 0.1) is 6.92 Å². The average Bonchev–Trinajstić information content (AvgIpc) is 3.06. The zero-order chi connectivity index (χ0) is 15.3. The average molecular weight is 314 g/mol. The van der Waals surface area contributed by atoms with Gasteiger partial charge in [0, 0.05) is 6.92 Å². The van der Waals surface area contributed by atoms with Gasteiger partial charge in [0.2, 0.25) is 11.0 Å². The SMILES string of the molecule is CCCNCc1ccc(S(=O)(=O)NCc2noc(C)n2)o1. The van der Waals surface area contributed by atoms with Crippen molar-refractivity contribution in [3.05, 3.63) is 29.6 Å². The highest BCUT2D eigenvalue weighted by Gasteiger charge is 2.19. The number of rotatable bonds is 8. The van der Waals surface area contributed by atoms with E-state index in [0.717, 1.165) is 13.0 Å². The Hall–Kier alpha value is -1.71. The van der Waals surface area contributed by atoms with Crippen molar-refractivity contribution in [1.82, 2.24) is 20.2 Å². The zero-order valence-corrected chi connectivity index (χ0v) is 12.7. The van der Waals surface area contributed by atoms with Crippen molar-refractivity contribution in [2.45, 2.75) is 38.5 Å². The van der Waals surface area contributed by atoms with Crippen LogP contribution in [0.5, 0.6) is 0 Å². The standard InChI is InChI=1S/C12H18N4O4S/c1-3-6-13-7-10-4-5-12(19-10)21(17,18)14-8-11-15-9(2)20-16-11/h4-5,13-14H,3,6-8H2,1-2H3. The third-order valence-electron chi connectivity index (χ3n) is 2.62. The third-order valence-corrected chi connectivity index (χ3v) is 3.89. The van der Waals surface area contributed by atoms with E-state index in [-0.39, 0.29) is 17.5 Å². The van der Waals surface area contributed by atoms with Gasteiger partial charge in [-0.05, 0) is 25.1 Å². The van der Waals surface area contributed by atoms with E-state index < -0.39 is 10.0 Å². The van der Waals surface area contributed by atoms with Gasteiger partial charge >= 0.3 is 0 Å². The van der Waals surface area contributed by atoms with Crippen molar-refractivity contribution in [3.63, 3.8) is 0 Å². The molecule has 116 valence electrons. The monoisotopic (exact) mass is 314 g/mol. The van der Waals surface area contributed by atoms with Crippen LogP contribution in [0.1, 0.15) is 30.8 Å². The molecule has 0 aliphatic heterocycles. The summed E-state index contributed by atoms with van der Waals surface area (Å²) in [5, 5.41) is 6.62. The number of hydrogen-bond acceptors (Lipinski definition) is 7. The summed E-state index contributed by atoms with van der Waals surface area (Å²) in [4.78, 5) is 3.92. The number of nitrogens with one attached hydrogen (secondary N) is 2. The van der Waals surface area contributed by atoms with Crippen LogP contribution >= 0.6 is 0 Å². The summed E-state index contributed by atoms with van der Waals surface area (Å²) in [7, 11) is -3.73. The van der Waals surface area contributed by atoms with Crippen LogP contribution in [0.4, 0.5) is 0 Å². The number of aryl methyl sites for hydroxylation is 1. The summed E-state index contributed by atoms with van der Waals surface area (Å²) in [5.74, 6) is 1.22. The topological polar surface area (TPSA) is 110 Å². The van der Waals surface area contributed by atoms with Gasteiger partial charge in [0.15, 0.2) is 5.82 Å². The second kappa shape index (κ2) is 6.83. The quantitative estimate of drug-likeness (QED) is 0.698. The molecule has 0 aliphatic rings. The minimum atomic E-state index is -3.73. The molecule has 0 atom stereocenters. The smallest absolute Gasteiger partial charge is 0.274 e. The molecule has 0 saturated heterocycles. The highest BCUT2D eigenvalue weighted by atomic mass is 32.2. The largest absolute Gasteiger partial charge is 0.447 e. The van der Waals surface area contributed by atoms with Crippen molar-refractivity contribution in [2.24, 2.45) is 0 Å². The predicted octanol–water partition coefficient (Wildman–Crippen LogP) is 0.949. The molecule has 0 saturated carbocycles. The lowest BCUT2D eigenvalue weighted by atomic mass is 10.4. The van der Waals surface area contributed by atoms with E-state index in [1.807, 2.05) is 0 Å². The minimum absolute atomic E-state index is 0.0518. The fourth-order valence-corrected chi connectivity index (χ4v) is 2.56. The van der Waals surface area contributed by atoms with Crippen LogP contribution in [-0.2, 0) is 23.1 Å². The van der Waals surface area contributed by atoms with Crippen molar-refractivity contribution in [2.75, 3.05) is 6.54 Å². The molecule has 8 nitrogen and oxygen atoms in total. The molecule has 9 heteroatoms. The van der Waals surface area contributed by atoms with Crippen molar-refractivity contribution >= 4 is 10.0 Å². The Kier molecular flexibility index (Phi) is 5.10. The van der Waals surface area contributed by atoms with Crippen LogP contribution in [0.2, 0.25) is 0 Å². The van der Waals surface area contributed by atoms with Gasteiger partial charge in [-0.2, -0.15) is 4.98 Å². The van der Waals surface area contributed by atoms with Crippen LogP contribution < -0.4 is 10.0 Å². The van der Waals surface area contributed by atoms with Crippen LogP contribution in [0.25, 0.3) is 0 Å². The van der Waals surface area contributed by atoms with Gasteiger partial charge < -0.3 is 14.3 Å². The molecule has 2 aromatic heterocycles. The Balaban J connectivity index is 1.95. The Morgan fingerprint density at radius 3 is 2.76 bits per heavy atom. The molecule has 2 heterocycles. The van der Waals surface area contributed by atoms with Gasteiger partial charge in [0.1, 0.15) is 5.76 Å². The number of hydrogen-bond donors (Lipinski definition) is 2. The maximum Gasteiger partial charge on any atom is 0.274 e. The second-order valence-corrected chi connectivity index (χ2v) is 6.15. The molecule has 0 unspecified atom stereocenters. The first-order valence-corrected chi connectivity index (χ1v) is 8.08. The van der Waals surface area contributed by atoms with Crippen molar-refractivity contribution in [1.29, 1.82) is 0 Å². The van der Waals surface area contributed by atoms with E-state index in [0.29, 0.717) is 18.2 Å². The second-order valence-electron chi connectivity index (χ2n) is 4.45. The Morgan fingerprint density at radius 2 is 2.10 bits per heavy atom. The first-order valence-electron chi connectivity index (χ1n) is 6.59. The van der Waals surface area contributed by atoms with E-state index in [4.69, 9.17) is 8.94 Å². The lowest BCUT2D eigenvalue weighted by molar-refractivity contribution is 0.385. The third kappa shape index (κ3) is 4.38. The first-order chi connectivity index (χ1) is 10.0. The summed E-state index contributed by atoms with van der Waals surface area (Å²) in [6.07, 6.45) is 0.998. The van der Waals surface area contributed by atoms with Crippen molar-refractivity contribution < 1.29 is 17.4 Å². The molecule has 0 amide bonds. The lowest BCUT2D eigenvalue weighted by Gasteiger charge is -2.02. The highest BCUT2D eigenvalue weighted by molar-refractivity contribution is 7.89. The number of furan rings is 1. The zero-order valence-electron chi connectivity index (χ0n) is 11.9. The molecule has 0 bridgehead atoms. The number of nitrogens with zero attached hydrogens (tertiary/aromatic N) is 2. The maximum absolute atomic E-state index is 12.0. The maximum atomic E-state index is 12.0. The van der Waals surface area contributed by atoms with Gasteiger partial charge in [0.25, 0.3) is 10.0 Å². The highest BCUT2D eigenvalue weighted by Crippen LogP contribution is 2.14. The molecule has 0 aliphatic carbocycles. The molecule has 2 rings (SSSR count). The molecule has 21 heavy (non-hydrogen) atoms. The van der Waals surface area contributed by atoms with E-state index >= 15 is 0 Å². The first kappa shape index (κ1) is 15.7. The normalized spacial score (nSPS) is 11.9. The predicted molar refractivity (Wildman–Crippen MR) is 73.8 cm³/mol. The van der Waals surface area contributed by atoms with E-state index in [1.165, 1.54) is 6.07 Å². The van der Waals surface area contributed by atoms with E-state index in [9.17, 15) is 8.42 Å². The molecule has 0 radical (unpaired) electrons. The van der Waals surface area contributed by atoms with Crippen LogP contribution in [0.15, 0.2) is 26.2 Å². The minimum Gasteiger partial charge on any atom is -0.447 e. The van der Waals surface area contributed by atoms with Gasteiger partial charge in [-0.15, -0.1) is 0 Å². The fourth-order valence-electron chi connectivity index (χ4n) is 1.63. The summed E-state index contributed by atoms with van der Waals surface area (Å²) in [6.45, 7) is 4.97. The number of aromatic nitrogens is 2. The summed E-state index contributed by atoms with van der Waals surface area (Å²) >= 11 is 0. The van der Waals surface area contributed by atoms with Crippen LogP contribution in [-0.4, -0.2) is 25.1 Å². The summed E-state index contributed by atoms with van der Waals surface area (Å²) < 4.78 is 36.5.